The summed E-state index contributed by atoms with van der Waals surface area (Å²) in [6.45, 7) is 21.7. The lowest BCUT2D eigenvalue weighted by Crippen LogP contribution is -2.50. The van der Waals surface area contributed by atoms with Crippen molar-refractivity contribution in [1.82, 2.24) is 24.5 Å². The smallest absolute Gasteiger partial charge is 0.0667 e. The summed E-state index contributed by atoms with van der Waals surface area (Å²) < 4.78 is 0. The SMILES string of the molecule is CCCCCCCCCCC(O)CN(CCN(C)CCN1CCN(CC(O)CCCCCCCCCC)CC1)CCN(CC(O)CCCCCCCCCC)CC(O)CCCCCCCCCC. The van der Waals surface area contributed by atoms with Crippen LogP contribution in [0.5, 0.6) is 0 Å². The summed E-state index contributed by atoms with van der Waals surface area (Å²) in [6.07, 6.45) is 43.3. The maximum atomic E-state index is 11.4. The number of likely N-dealkylation sites (N-methyl/N-ethyl adjacent to an activating group) is 1. The summed E-state index contributed by atoms with van der Waals surface area (Å²) in [5.41, 5.74) is 0. The third kappa shape index (κ3) is 42.2. The molecule has 68 heavy (non-hydrogen) atoms. The van der Waals surface area contributed by atoms with Gasteiger partial charge in [0.25, 0.3) is 0 Å². The second-order valence-corrected chi connectivity index (χ2v) is 22.2. The van der Waals surface area contributed by atoms with Crippen LogP contribution in [0.1, 0.15) is 259 Å². The van der Waals surface area contributed by atoms with Crippen molar-refractivity contribution >= 4 is 0 Å². The van der Waals surface area contributed by atoms with Gasteiger partial charge in [-0.3, -0.25) is 19.6 Å². The molecule has 9 nitrogen and oxygen atoms in total. The van der Waals surface area contributed by atoms with Gasteiger partial charge in [0.05, 0.1) is 24.4 Å². The van der Waals surface area contributed by atoms with Crippen molar-refractivity contribution in [3.63, 3.8) is 0 Å². The molecule has 1 saturated heterocycles. The van der Waals surface area contributed by atoms with Crippen LogP contribution in [0.2, 0.25) is 0 Å². The Morgan fingerprint density at radius 3 is 0.971 bits per heavy atom. The molecule has 0 spiro atoms. The average molecular weight is 967 g/mol. The number of aliphatic hydroxyl groups is 4. The van der Waals surface area contributed by atoms with Crippen LogP contribution >= 0.6 is 0 Å². The van der Waals surface area contributed by atoms with Crippen molar-refractivity contribution < 1.29 is 20.4 Å². The minimum atomic E-state index is -0.371. The van der Waals surface area contributed by atoms with E-state index >= 15 is 0 Å². The number of rotatable bonds is 53. The molecule has 0 aliphatic carbocycles. The zero-order chi connectivity index (χ0) is 49.6. The highest BCUT2D eigenvalue weighted by molar-refractivity contribution is 4.77. The minimum Gasteiger partial charge on any atom is -0.392 e. The van der Waals surface area contributed by atoms with Crippen LogP contribution in [0, 0.1) is 0 Å². The minimum absolute atomic E-state index is 0.198. The van der Waals surface area contributed by atoms with Gasteiger partial charge in [0.1, 0.15) is 0 Å². The van der Waals surface area contributed by atoms with E-state index in [-0.39, 0.29) is 24.4 Å². The Bertz CT molecular complexity index is 976. The molecule has 0 aromatic heterocycles. The van der Waals surface area contributed by atoms with E-state index in [4.69, 9.17) is 0 Å². The van der Waals surface area contributed by atoms with Gasteiger partial charge in [0.2, 0.25) is 0 Å². The summed E-state index contributed by atoms with van der Waals surface area (Å²) in [6, 6.07) is 0. The quantitative estimate of drug-likeness (QED) is 0.0445. The van der Waals surface area contributed by atoms with Gasteiger partial charge in [-0.2, -0.15) is 0 Å². The number of piperazine rings is 1. The van der Waals surface area contributed by atoms with Crippen LogP contribution in [-0.4, -0.2) is 168 Å². The van der Waals surface area contributed by atoms with E-state index in [1.165, 1.54) is 180 Å². The predicted molar refractivity (Wildman–Crippen MR) is 296 cm³/mol. The van der Waals surface area contributed by atoms with Gasteiger partial charge >= 0.3 is 0 Å². The highest BCUT2D eigenvalue weighted by atomic mass is 16.3. The van der Waals surface area contributed by atoms with E-state index in [9.17, 15) is 20.4 Å². The fourth-order valence-corrected chi connectivity index (χ4v) is 10.4. The Balaban J connectivity index is 2.73. The first-order chi connectivity index (χ1) is 33.2. The van der Waals surface area contributed by atoms with Crippen molar-refractivity contribution in [1.29, 1.82) is 0 Å². The monoisotopic (exact) mass is 966 g/mol. The third-order valence-corrected chi connectivity index (χ3v) is 15.2. The van der Waals surface area contributed by atoms with Crippen molar-refractivity contribution in [3.8, 4) is 0 Å². The highest BCUT2D eigenvalue weighted by Crippen LogP contribution is 2.17. The topological polar surface area (TPSA) is 97.1 Å². The molecule has 4 unspecified atom stereocenters. The number of hydrogen-bond donors (Lipinski definition) is 4. The molecular weight excluding hydrogens is 843 g/mol. The van der Waals surface area contributed by atoms with E-state index in [0.29, 0.717) is 19.6 Å². The van der Waals surface area contributed by atoms with Gasteiger partial charge in [0.15, 0.2) is 0 Å². The summed E-state index contributed by atoms with van der Waals surface area (Å²) >= 11 is 0. The molecular formula is C59H123N5O4. The lowest BCUT2D eigenvalue weighted by molar-refractivity contribution is 0.0463. The molecule has 1 heterocycles. The summed E-state index contributed by atoms with van der Waals surface area (Å²) in [7, 11) is 2.25. The zero-order valence-corrected chi connectivity index (χ0v) is 46.7. The number of β-amino-alcohol motifs (C(OH)–C–C–N with tert-alkyl or cyclic N) is 1. The predicted octanol–water partition coefficient (Wildman–Crippen LogP) is 12.7. The number of unbranched alkanes of at least 4 members (excludes halogenated alkanes) is 28. The molecule has 9 heteroatoms. The first-order valence-corrected chi connectivity index (χ1v) is 30.5. The van der Waals surface area contributed by atoms with Gasteiger partial charge in [-0.05, 0) is 32.7 Å². The van der Waals surface area contributed by atoms with Crippen molar-refractivity contribution in [2.75, 3.05) is 98.7 Å². The lowest BCUT2D eigenvalue weighted by atomic mass is 10.0. The largest absolute Gasteiger partial charge is 0.392 e. The summed E-state index contributed by atoms with van der Waals surface area (Å²) in [5.74, 6) is 0. The molecule has 1 aliphatic heterocycles. The molecule has 0 amide bonds. The van der Waals surface area contributed by atoms with Crippen molar-refractivity contribution in [2.45, 2.75) is 283 Å². The highest BCUT2D eigenvalue weighted by Gasteiger charge is 2.21. The van der Waals surface area contributed by atoms with Crippen LogP contribution < -0.4 is 0 Å². The molecule has 408 valence electrons. The molecule has 4 N–H and O–H groups in total. The molecule has 1 rings (SSSR count). The van der Waals surface area contributed by atoms with Crippen LogP contribution in [0.15, 0.2) is 0 Å². The normalized spacial score (nSPS) is 15.9. The molecule has 0 saturated carbocycles. The molecule has 1 aliphatic rings. The molecule has 1 fully saturated rings. The van der Waals surface area contributed by atoms with Gasteiger partial charge in [0, 0.05) is 91.6 Å². The Hall–Kier alpha value is -0.360. The number of hydrogen-bond acceptors (Lipinski definition) is 9. The average Bonchev–Trinajstić information content (AvgIpc) is 3.32. The van der Waals surface area contributed by atoms with Crippen LogP contribution in [0.3, 0.4) is 0 Å². The van der Waals surface area contributed by atoms with Crippen LogP contribution in [-0.2, 0) is 0 Å². The lowest BCUT2D eigenvalue weighted by Gasteiger charge is -2.36. The molecule has 4 atom stereocenters. The van der Waals surface area contributed by atoms with Gasteiger partial charge in [-0.1, -0.05) is 233 Å². The van der Waals surface area contributed by atoms with Crippen LogP contribution in [0.4, 0.5) is 0 Å². The number of nitrogens with zero attached hydrogens (tertiary/aromatic N) is 5. The fraction of sp³-hybridized carbons (Fsp3) is 1.00. The first kappa shape index (κ1) is 65.7. The van der Waals surface area contributed by atoms with E-state index in [1.54, 1.807) is 0 Å². The van der Waals surface area contributed by atoms with E-state index in [2.05, 4.69) is 59.2 Å². The Morgan fingerprint density at radius 1 is 0.324 bits per heavy atom. The Kier molecular flexibility index (Phi) is 47.2. The third-order valence-electron chi connectivity index (χ3n) is 15.2. The molecule has 0 aromatic carbocycles. The first-order valence-electron chi connectivity index (χ1n) is 30.5. The van der Waals surface area contributed by atoms with Crippen molar-refractivity contribution in [2.24, 2.45) is 0 Å². The maximum Gasteiger partial charge on any atom is 0.0667 e. The summed E-state index contributed by atoms with van der Waals surface area (Å²) in [4.78, 5) is 12.4. The van der Waals surface area contributed by atoms with E-state index in [0.717, 1.165) is 123 Å². The Morgan fingerprint density at radius 2 is 0.603 bits per heavy atom. The molecule has 0 radical (unpaired) electrons. The fourth-order valence-electron chi connectivity index (χ4n) is 10.4. The standard InChI is InChI=1S/C59H123N5O4/c1-6-10-14-18-22-26-30-34-38-56(65)52-62(45-43-60(5)42-44-61-46-48-63(49-47-61)53-57(66)39-35-31-27-23-19-15-11-7-2)50-51-64(54-58(67)40-36-32-28-24-20-16-12-8-3)55-59(68)41-37-33-29-25-21-17-13-9-4/h56-59,65-68H,6-55H2,1-5H3. The molecule has 0 bridgehead atoms. The van der Waals surface area contributed by atoms with Gasteiger partial charge in [-0.15, -0.1) is 0 Å². The second kappa shape index (κ2) is 48.9. The van der Waals surface area contributed by atoms with Crippen LogP contribution in [0.25, 0.3) is 0 Å². The zero-order valence-electron chi connectivity index (χ0n) is 46.7. The van der Waals surface area contributed by atoms with E-state index in [1.807, 2.05) is 0 Å². The van der Waals surface area contributed by atoms with Gasteiger partial charge in [-0.25, -0.2) is 0 Å². The summed E-state index contributed by atoms with van der Waals surface area (Å²) in [5, 5.41) is 44.8. The number of aliphatic hydroxyl groups excluding tert-OH is 4. The second-order valence-electron chi connectivity index (χ2n) is 22.2. The van der Waals surface area contributed by atoms with E-state index < -0.39 is 0 Å². The van der Waals surface area contributed by atoms with Gasteiger partial charge < -0.3 is 25.3 Å². The molecule has 0 aromatic rings. The maximum absolute atomic E-state index is 11.4. The van der Waals surface area contributed by atoms with Crippen molar-refractivity contribution in [3.05, 3.63) is 0 Å². The Labute approximate surface area is 425 Å².